The molecule has 9 nitrogen and oxygen atoms in total. The molecule has 0 aliphatic rings. The van der Waals surface area contributed by atoms with E-state index in [9.17, 15) is 4.79 Å². The molecule has 0 spiro atoms. The van der Waals surface area contributed by atoms with Crippen molar-refractivity contribution < 1.29 is 9.53 Å². The average molecular weight is 297 g/mol. The number of nitrogens with zero attached hydrogens (tertiary/aromatic N) is 4. The zero-order valence-electron chi connectivity index (χ0n) is 13.1. The number of hydrogen-bond donors (Lipinski definition) is 3. The van der Waals surface area contributed by atoms with Crippen molar-refractivity contribution in [2.75, 3.05) is 44.9 Å². The maximum atomic E-state index is 11.3. The molecule has 1 heterocycles. The quantitative estimate of drug-likeness (QED) is 0.625. The maximum Gasteiger partial charge on any atom is 0.323 e. The van der Waals surface area contributed by atoms with Gasteiger partial charge in [0, 0.05) is 34.2 Å². The normalized spacial score (nSPS) is 10.2. The number of carbonyl (C=O) groups excluding carboxylic acids is 1. The smallest absolute Gasteiger partial charge is 0.323 e. The van der Waals surface area contributed by atoms with Gasteiger partial charge in [-0.1, -0.05) is 0 Å². The third-order valence-electron chi connectivity index (χ3n) is 2.27. The Labute approximate surface area is 124 Å². The molecule has 1 aromatic heterocycles. The summed E-state index contributed by atoms with van der Waals surface area (Å²) >= 11 is 0. The van der Waals surface area contributed by atoms with Crippen molar-refractivity contribution in [3.8, 4) is 6.01 Å². The Morgan fingerprint density at radius 3 is 2.43 bits per heavy atom. The Bertz CT molecular complexity index is 465. The van der Waals surface area contributed by atoms with Crippen molar-refractivity contribution in [3.05, 3.63) is 0 Å². The molecular weight excluding hydrogens is 274 g/mol. The van der Waals surface area contributed by atoms with Crippen LogP contribution in [0, 0.1) is 0 Å². The van der Waals surface area contributed by atoms with Gasteiger partial charge in [-0.3, -0.25) is 0 Å². The lowest BCUT2D eigenvalue weighted by Gasteiger charge is -2.13. The number of rotatable bonds is 7. The second-order valence-corrected chi connectivity index (χ2v) is 4.73. The second kappa shape index (κ2) is 8.08. The van der Waals surface area contributed by atoms with E-state index in [0.717, 1.165) is 0 Å². The number of hydrogen-bond acceptors (Lipinski definition) is 7. The van der Waals surface area contributed by atoms with E-state index >= 15 is 0 Å². The highest BCUT2D eigenvalue weighted by Crippen LogP contribution is 2.11. The first-order chi connectivity index (χ1) is 9.92. The summed E-state index contributed by atoms with van der Waals surface area (Å²) in [6.45, 7) is 4.74. The summed E-state index contributed by atoms with van der Waals surface area (Å²) in [4.78, 5) is 25.2. The average Bonchev–Trinajstić information content (AvgIpc) is 2.42. The molecular formula is C12H23N7O2. The summed E-state index contributed by atoms with van der Waals surface area (Å²) in [5.41, 5.74) is 0. The fraction of sp³-hybridized carbons (Fsp3) is 0.667. The van der Waals surface area contributed by atoms with Gasteiger partial charge in [-0.25, -0.2) is 4.79 Å². The van der Waals surface area contributed by atoms with Gasteiger partial charge < -0.3 is 25.6 Å². The molecule has 1 rings (SSSR count). The predicted octanol–water partition coefficient (Wildman–Crippen LogP) is 0.384. The molecule has 0 aromatic carbocycles. The highest BCUT2D eigenvalue weighted by atomic mass is 16.5. The minimum atomic E-state index is -0.146. The molecule has 0 saturated heterocycles. The molecule has 0 aliphatic heterocycles. The molecule has 0 aliphatic carbocycles. The third-order valence-corrected chi connectivity index (χ3v) is 2.27. The summed E-state index contributed by atoms with van der Waals surface area (Å²) in [6, 6.07) is 0.108. The van der Waals surface area contributed by atoms with Crippen LogP contribution in [0.2, 0.25) is 0 Å². The van der Waals surface area contributed by atoms with Crippen LogP contribution < -0.4 is 20.7 Å². The van der Waals surface area contributed by atoms with E-state index in [1.165, 1.54) is 4.90 Å². The Hall–Kier alpha value is -2.32. The number of anilines is 2. The van der Waals surface area contributed by atoms with E-state index in [4.69, 9.17) is 4.74 Å². The summed E-state index contributed by atoms with van der Waals surface area (Å²) in [6.07, 6.45) is -0.0238. The molecule has 118 valence electrons. The molecule has 2 amide bonds. The van der Waals surface area contributed by atoms with Gasteiger partial charge in [-0.05, 0) is 13.8 Å². The number of ether oxygens (including phenoxy) is 1. The van der Waals surface area contributed by atoms with E-state index in [2.05, 4.69) is 30.9 Å². The zero-order chi connectivity index (χ0) is 15.8. The van der Waals surface area contributed by atoms with Gasteiger partial charge in [0.2, 0.25) is 11.9 Å². The SMILES string of the molecule is CNc1nc(NCCNC(=O)N(C)C)nc(OC(C)C)n1. The molecule has 0 fully saturated rings. The standard InChI is InChI=1S/C12H23N7O2/c1-8(2)21-11-17-9(13-3)16-10(18-11)14-6-7-15-12(20)19(4)5/h8H,6-7H2,1-5H3,(H,15,20)(H2,13,14,16,17,18). The van der Waals surface area contributed by atoms with Gasteiger partial charge in [-0.2, -0.15) is 15.0 Å². The molecule has 21 heavy (non-hydrogen) atoms. The van der Waals surface area contributed by atoms with Gasteiger partial charge >= 0.3 is 12.0 Å². The highest BCUT2D eigenvalue weighted by Gasteiger charge is 2.08. The number of nitrogens with one attached hydrogen (secondary N) is 3. The number of carbonyl (C=O) groups is 1. The van der Waals surface area contributed by atoms with Crippen molar-refractivity contribution in [2.45, 2.75) is 20.0 Å². The summed E-state index contributed by atoms with van der Waals surface area (Å²) in [7, 11) is 5.09. The first-order valence-electron chi connectivity index (χ1n) is 6.72. The maximum absolute atomic E-state index is 11.3. The Kier molecular flexibility index (Phi) is 6.44. The van der Waals surface area contributed by atoms with Crippen LogP contribution in [0.3, 0.4) is 0 Å². The van der Waals surface area contributed by atoms with Crippen LogP contribution in [0.1, 0.15) is 13.8 Å². The predicted molar refractivity (Wildman–Crippen MR) is 80.7 cm³/mol. The van der Waals surface area contributed by atoms with E-state index in [0.29, 0.717) is 25.0 Å². The minimum Gasteiger partial charge on any atom is -0.461 e. The van der Waals surface area contributed by atoms with Crippen LogP contribution in [0.4, 0.5) is 16.7 Å². The van der Waals surface area contributed by atoms with E-state index in [1.54, 1.807) is 21.1 Å². The molecule has 0 unspecified atom stereocenters. The van der Waals surface area contributed by atoms with Crippen LogP contribution in [-0.4, -0.2) is 66.2 Å². The molecule has 0 radical (unpaired) electrons. The van der Waals surface area contributed by atoms with Crippen molar-refractivity contribution >= 4 is 17.9 Å². The number of urea groups is 1. The van der Waals surface area contributed by atoms with Gasteiger partial charge in [0.1, 0.15) is 0 Å². The summed E-state index contributed by atoms with van der Waals surface area (Å²) in [5.74, 6) is 0.810. The van der Waals surface area contributed by atoms with Gasteiger partial charge in [0.25, 0.3) is 0 Å². The van der Waals surface area contributed by atoms with Gasteiger partial charge in [0.15, 0.2) is 0 Å². The van der Waals surface area contributed by atoms with Gasteiger partial charge in [0.05, 0.1) is 6.10 Å². The Balaban J connectivity index is 2.55. The third kappa shape index (κ3) is 6.11. The van der Waals surface area contributed by atoms with Gasteiger partial charge in [-0.15, -0.1) is 0 Å². The summed E-state index contributed by atoms with van der Waals surface area (Å²) < 4.78 is 5.45. The van der Waals surface area contributed by atoms with Crippen LogP contribution in [0.5, 0.6) is 6.01 Å². The topological polar surface area (TPSA) is 104 Å². The lowest BCUT2D eigenvalue weighted by molar-refractivity contribution is 0.217. The van der Waals surface area contributed by atoms with Crippen molar-refractivity contribution in [3.63, 3.8) is 0 Å². The first kappa shape index (κ1) is 16.7. The molecule has 3 N–H and O–H groups in total. The molecule has 1 aromatic rings. The van der Waals surface area contributed by atoms with Crippen LogP contribution in [0.15, 0.2) is 0 Å². The lowest BCUT2D eigenvalue weighted by atomic mass is 10.5. The number of amides is 2. The number of aromatic nitrogens is 3. The Morgan fingerprint density at radius 1 is 1.19 bits per heavy atom. The minimum absolute atomic E-state index is 0.0238. The molecule has 0 bridgehead atoms. The fourth-order valence-electron chi connectivity index (χ4n) is 1.31. The molecule has 9 heteroatoms. The molecule has 0 atom stereocenters. The second-order valence-electron chi connectivity index (χ2n) is 4.73. The zero-order valence-corrected chi connectivity index (χ0v) is 13.1. The van der Waals surface area contributed by atoms with Crippen LogP contribution >= 0.6 is 0 Å². The van der Waals surface area contributed by atoms with Crippen molar-refractivity contribution in [1.82, 2.24) is 25.2 Å². The Morgan fingerprint density at radius 2 is 1.86 bits per heavy atom. The van der Waals surface area contributed by atoms with Crippen molar-refractivity contribution in [1.29, 1.82) is 0 Å². The van der Waals surface area contributed by atoms with Crippen LogP contribution in [0.25, 0.3) is 0 Å². The monoisotopic (exact) mass is 297 g/mol. The fourth-order valence-corrected chi connectivity index (χ4v) is 1.31. The van der Waals surface area contributed by atoms with E-state index in [1.807, 2.05) is 13.8 Å². The molecule has 0 saturated carbocycles. The van der Waals surface area contributed by atoms with Crippen molar-refractivity contribution in [2.24, 2.45) is 0 Å². The van der Waals surface area contributed by atoms with Crippen LogP contribution in [-0.2, 0) is 0 Å². The van der Waals surface area contributed by atoms with E-state index in [-0.39, 0.29) is 18.1 Å². The summed E-state index contributed by atoms with van der Waals surface area (Å²) in [5, 5.41) is 8.59. The van der Waals surface area contributed by atoms with E-state index < -0.39 is 0 Å². The first-order valence-corrected chi connectivity index (χ1v) is 6.72. The highest BCUT2D eigenvalue weighted by molar-refractivity contribution is 5.73. The lowest BCUT2D eigenvalue weighted by Crippen LogP contribution is -2.37. The largest absolute Gasteiger partial charge is 0.461 e.